The minimum absolute atomic E-state index is 0.0268. The van der Waals surface area contributed by atoms with E-state index in [9.17, 15) is 13.6 Å². The third-order valence-electron chi connectivity index (χ3n) is 1.90. The predicted octanol–water partition coefficient (Wildman–Crippen LogP) is 3.42. The maximum atomic E-state index is 12.6. The SMILES string of the molecule is O=C(CBr)Cc1ccc(S)cc1C(F)F. The number of carbonyl (C=O) groups is 1. The zero-order valence-electron chi connectivity index (χ0n) is 7.71. The molecule has 1 rings (SSSR count). The number of halogens is 3. The minimum Gasteiger partial charge on any atom is -0.298 e. The third-order valence-corrected chi connectivity index (χ3v) is 2.80. The topological polar surface area (TPSA) is 17.1 Å². The molecule has 0 radical (unpaired) electrons. The van der Waals surface area contributed by atoms with Crippen LogP contribution in [-0.4, -0.2) is 11.1 Å². The van der Waals surface area contributed by atoms with Crippen molar-refractivity contribution in [1.82, 2.24) is 0 Å². The maximum absolute atomic E-state index is 12.6. The van der Waals surface area contributed by atoms with Crippen LogP contribution in [0.2, 0.25) is 0 Å². The maximum Gasteiger partial charge on any atom is 0.264 e. The van der Waals surface area contributed by atoms with Crippen molar-refractivity contribution in [2.45, 2.75) is 17.7 Å². The molecule has 0 heterocycles. The highest BCUT2D eigenvalue weighted by Crippen LogP contribution is 2.26. The first-order valence-electron chi connectivity index (χ1n) is 4.22. The molecule has 0 bridgehead atoms. The van der Waals surface area contributed by atoms with Crippen LogP contribution in [-0.2, 0) is 11.2 Å². The Balaban J connectivity index is 3.00. The molecule has 0 aliphatic rings. The lowest BCUT2D eigenvalue weighted by molar-refractivity contribution is -0.115. The molecule has 0 unspecified atom stereocenters. The van der Waals surface area contributed by atoms with E-state index in [1.165, 1.54) is 12.1 Å². The Morgan fingerprint density at radius 2 is 2.13 bits per heavy atom. The van der Waals surface area contributed by atoms with Gasteiger partial charge in [0.1, 0.15) is 5.78 Å². The number of ketones is 1. The normalized spacial score (nSPS) is 10.7. The number of rotatable bonds is 4. The van der Waals surface area contributed by atoms with E-state index in [4.69, 9.17) is 0 Å². The Hall–Kier alpha value is -0.420. The van der Waals surface area contributed by atoms with Gasteiger partial charge in [0.2, 0.25) is 0 Å². The largest absolute Gasteiger partial charge is 0.298 e. The molecular weight excluding hydrogens is 286 g/mol. The fraction of sp³-hybridized carbons (Fsp3) is 0.300. The standard InChI is InChI=1S/C10H9BrF2OS/c11-5-7(14)3-6-1-2-8(15)4-9(6)10(12)13/h1-2,4,10,15H,3,5H2. The molecule has 0 N–H and O–H groups in total. The van der Waals surface area contributed by atoms with Gasteiger partial charge < -0.3 is 0 Å². The van der Waals surface area contributed by atoms with Gasteiger partial charge >= 0.3 is 0 Å². The minimum atomic E-state index is -2.57. The number of benzene rings is 1. The molecular formula is C10H9BrF2OS. The quantitative estimate of drug-likeness (QED) is 0.665. The van der Waals surface area contributed by atoms with Gasteiger partial charge in [-0.15, -0.1) is 12.6 Å². The van der Waals surface area contributed by atoms with Gasteiger partial charge in [0.25, 0.3) is 6.43 Å². The Kier molecular flexibility index (Phi) is 4.73. The Morgan fingerprint density at radius 3 is 2.67 bits per heavy atom. The molecule has 0 atom stereocenters. The molecule has 1 aromatic carbocycles. The van der Waals surface area contributed by atoms with Gasteiger partial charge in [0.15, 0.2) is 0 Å². The van der Waals surface area contributed by atoms with Crippen molar-refractivity contribution in [1.29, 1.82) is 0 Å². The zero-order valence-corrected chi connectivity index (χ0v) is 10.2. The van der Waals surface area contributed by atoms with Crippen LogP contribution < -0.4 is 0 Å². The van der Waals surface area contributed by atoms with Gasteiger partial charge in [-0.2, -0.15) is 0 Å². The van der Waals surface area contributed by atoms with Crippen molar-refractivity contribution in [2.24, 2.45) is 0 Å². The second kappa shape index (κ2) is 5.61. The van der Waals surface area contributed by atoms with Crippen molar-refractivity contribution in [2.75, 3.05) is 5.33 Å². The third kappa shape index (κ3) is 3.57. The van der Waals surface area contributed by atoms with Crippen molar-refractivity contribution in [3.05, 3.63) is 29.3 Å². The number of Topliss-reactive ketones (excluding diaryl/α,β-unsaturated/α-hetero) is 1. The lowest BCUT2D eigenvalue weighted by Gasteiger charge is -2.08. The first kappa shape index (κ1) is 12.6. The van der Waals surface area contributed by atoms with Gasteiger partial charge in [0.05, 0.1) is 5.33 Å². The Morgan fingerprint density at radius 1 is 1.47 bits per heavy atom. The van der Waals surface area contributed by atoms with E-state index in [-0.39, 0.29) is 23.1 Å². The lowest BCUT2D eigenvalue weighted by atomic mass is 10.0. The van der Waals surface area contributed by atoms with Gasteiger partial charge in [-0.3, -0.25) is 4.79 Å². The molecule has 1 nitrogen and oxygen atoms in total. The summed E-state index contributed by atoms with van der Waals surface area (Å²) < 4.78 is 25.2. The van der Waals surface area contributed by atoms with E-state index in [1.807, 2.05) is 0 Å². The second-order valence-corrected chi connectivity index (χ2v) is 4.11. The van der Waals surface area contributed by atoms with Crippen molar-refractivity contribution in [3.63, 3.8) is 0 Å². The molecule has 0 aliphatic carbocycles. The summed E-state index contributed by atoms with van der Waals surface area (Å²) >= 11 is 6.98. The van der Waals surface area contributed by atoms with Crippen LogP contribution in [0, 0.1) is 0 Å². The summed E-state index contributed by atoms with van der Waals surface area (Å²) in [7, 11) is 0. The van der Waals surface area contributed by atoms with Crippen LogP contribution in [0.25, 0.3) is 0 Å². The van der Waals surface area contributed by atoms with Crippen LogP contribution in [0.5, 0.6) is 0 Å². The second-order valence-electron chi connectivity index (χ2n) is 3.03. The predicted molar refractivity (Wildman–Crippen MR) is 61.2 cm³/mol. The number of hydrogen-bond acceptors (Lipinski definition) is 2. The summed E-state index contributed by atoms with van der Waals surface area (Å²) in [6.45, 7) is 0. The van der Waals surface area contributed by atoms with Gasteiger partial charge in [-0.05, 0) is 17.7 Å². The first-order chi connectivity index (χ1) is 7.04. The fourth-order valence-electron chi connectivity index (χ4n) is 1.21. The van der Waals surface area contributed by atoms with Crippen LogP contribution >= 0.6 is 28.6 Å². The van der Waals surface area contributed by atoms with Gasteiger partial charge in [0, 0.05) is 16.9 Å². The molecule has 5 heteroatoms. The van der Waals surface area contributed by atoms with E-state index >= 15 is 0 Å². The van der Waals surface area contributed by atoms with Gasteiger partial charge in [-0.1, -0.05) is 22.0 Å². The molecule has 0 aliphatic heterocycles. The van der Waals surface area contributed by atoms with Gasteiger partial charge in [-0.25, -0.2) is 8.78 Å². The molecule has 0 saturated heterocycles. The average Bonchev–Trinajstić information content (AvgIpc) is 2.20. The summed E-state index contributed by atoms with van der Waals surface area (Å²) in [6.07, 6.45) is -2.55. The Labute approximate surface area is 100 Å². The molecule has 1 aromatic rings. The van der Waals surface area contributed by atoms with E-state index < -0.39 is 6.43 Å². The highest BCUT2D eigenvalue weighted by atomic mass is 79.9. The van der Waals surface area contributed by atoms with Crippen LogP contribution in [0.1, 0.15) is 17.6 Å². The van der Waals surface area contributed by atoms with Crippen molar-refractivity contribution in [3.8, 4) is 0 Å². The van der Waals surface area contributed by atoms with E-state index in [0.29, 0.717) is 10.5 Å². The number of thiol groups is 1. The van der Waals surface area contributed by atoms with Crippen LogP contribution in [0.15, 0.2) is 23.1 Å². The molecule has 0 spiro atoms. The summed E-state index contributed by atoms with van der Waals surface area (Å²) in [4.78, 5) is 11.6. The van der Waals surface area contributed by atoms with E-state index in [0.717, 1.165) is 0 Å². The molecule has 82 valence electrons. The summed E-state index contributed by atoms with van der Waals surface area (Å²) in [5.41, 5.74) is 0.254. The Bertz CT molecular complexity index is 368. The first-order valence-corrected chi connectivity index (χ1v) is 5.79. The average molecular weight is 295 g/mol. The number of alkyl halides is 3. The summed E-state index contributed by atoms with van der Waals surface area (Å²) in [5.74, 6) is -0.121. The number of hydrogen-bond donors (Lipinski definition) is 1. The van der Waals surface area contributed by atoms with E-state index in [2.05, 4.69) is 28.6 Å². The lowest BCUT2D eigenvalue weighted by Crippen LogP contribution is -2.06. The molecule has 0 aromatic heterocycles. The number of carbonyl (C=O) groups excluding carboxylic acids is 1. The molecule has 0 amide bonds. The molecule has 0 saturated carbocycles. The molecule has 0 fully saturated rings. The van der Waals surface area contributed by atoms with Crippen LogP contribution in [0.4, 0.5) is 8.78 Å². The fourth-order valence-corrected chi connectivity index (χ4v) is 1.62. The zero-order chi connectivity index (χ0) is 11.4. The van der Waals surface area contributed by atoms with Crippen LogP contribution in [0.3, 0.4) is 0 Å². The van der Waals surface area contributed by atoms with Crippen molar-refractivity contribution < 1.29 is 13.6 Å². The summed E-state index contributed by atoms with van der Waals surface area (Å²) in [5, 5.41) is 0.179. The smallest absolute Gasteiger partial charge is 0.264 e. The highest BCUT2D eigenvalue weighted by molar-refractivity contribution is 9.09. The van der Waals surface area contributed by atoms with E-state index in [1.54, 1.807) is 6.07 Å². The molecule has 15 heavy (non-hydrogen) atoms. The van der Waals surface area contributed by atoms with Crippen molar-refractivity contribution >= 4 is 34.3 Å². The monoisotopic (exact) mass is 294 g/mol. The summed E-state index contributed by atoms with van der Waals surface area (Å²) in [6, 6.07) is 4.42. The highest BCUT2D eigenvalue weighted by Gasteiger charge is 2.14.